The fourth-order valence-electron chi connectivity index (χ4n) is 5.20. The summed E-state index contributed by atoms with van der Waals surface area (Å²) in [5.74, 6) is 0.260. The minimum atomic E-state index is -4.42. The second-order valence-corrected chi connectivity index (χ2v) is 9.22. The van der Waals surface area contributed by atoms with Crippen molar-refractivity contribution in [1.29, 1.82) is 0 Å². The molecule has 2 aromatic rings. The van der Waals surface area contributed by atoms with Crippen LogP contribution < -0.4 is 5.32 Å². The highest BCUT2D eigenvalue weighted by Crippen LogP contribution is 2.53. The van der Waals surface area contributed by atoms with E-state index in [-0.39, 0.29) is 27.8 Å². The van der Waals surface area contributed by atoms with Crippen molar-refractivity contribution >= 4 is 27.3 Å². The number of hydrogen-bond donors (Lipinski definition) is 1. The Balaban J connectivity index is 1.47. The van der Waals surface area contributed by atoms with Crippen LogP contribution in [0.15, 0.2) is 18.2 Å². The topological polar surface area (TPSA) is 32.3 Å². The van der Waals surface area contributed by atoms with Crippen LogP contribution in [0.25, 0.3) is 10.1 Å². The SMILES string of the molecule is Cc1ccc2cc(C(=O)N[C@H]3C4CCN(CC4)C34CC4)sc2c1C(F)(F)F. The summed E-state index contributed by atoms with van der Waals surface area (Å²) in [6, 6.07) is 4.88. The van der Waals surface area contributed by atoms with Gasteiger partial charge in [0.25, 0.3) is 5.91 Å². The lowest BCUT2D eigenvalue weighted by Crippen LogP contribution is -2.65. The van der Waals surface area contributed by atoms with E-state index in [0.717, 1.165) is 50.1 Å². The predicted molar refractivity (Wildman–Crippen MR) is 99.1 cm³/mol. The average Bonchev–Trinajstić information content (AvgIpc) is 3.27. The minimum absolute atomic E-state index is 0.112. The normalized spacial score (nSPS) is 28.7. The van der Waals surface area contributed by atoms with Gasteiger partial charge in [-0.1, -0.05) is 12.1 Å². The molecule has 1 aliphatic carbocycles. The molecule has 6 rings (SSSR count). The van der Waals surface area contributed by atoms with Crippen LogP contribution in [0.4, 0.5) is 13.2 Å². The second-order valence-electron chi connectivity index (χ2n) is 8.16. The molecule has 3 nitrogen and oxygen atoms in total. The Morgan fingerprint density at radius 2 is 1.96 bits per heavy atom. The molecule has 1 aromatic heterocycles. The number of thiophene rings is 1. The molecule has 0 radical (unpaired) electrons. The molecule has 7 heteroatoms. The predicted octanol–water partition coefficient (Wildman–Crippen LogP) is 4.59. The monoisotopic (exact) mass is 394 g/mol. The van der Waals surface area contributed by atoms with Crippen LogP contribution in [0.2, 0.25) is 0 Å². The van der Waals surface area contributed by atoms with E-state index in [2.05, 4.69) is 10.2 Å². The van der Waals surface area contributed by atoms with E-state index in [4.69, 9.17) is 0 Å². The molecule has 3 saturated heterocycles. The number of halogens is 3. The summed E-state index contributed by atoms with van der Waals surface area (Å²) in [5, 5.41) is 3.69. The van der Waals surface area contributed by atoms with Crippen LogP contribution in [0, 0.1) is 12.8 Å². The molecule has 1 saturated carbocycles. The summed E-state index contributed by atoms with van der Waals surface area (Å²) in [6.07, 6.45) is -0.0142. The zero-order chi connectivity index (χ0) is 19.0. The Labute approximate surface area is 159 Å². The summed E-state index contributed by atoms with van der Waals surface area (Å²) in [4.78, 5) is 15.8. The molecule has 4 aliphatic rings. The maximum absolute atomic E-state index is 13.5. The highest BCUT2D eigenvalue weighted by molar-refractivity contribution is 7.21. The van der Waals surface area contributed by atoms with Gasteiger partial charge in [-0.25, -0.2) is 0 Å². The van der Waals surface area contributed by atoms with Crippen LogP contribution in [0.1, 0.15) is 46.5 Å². The fourth-order valence-corrected chi connectivity index (χ4v) is 6.38. The number of rotatable bonds is 2. The number of nitrogens with zero attached hydrogens (tertiary/aromatic N) is 1. The first-order valence-electron chi connectivity index (χ1n) is 9.46. The van der Waals surface area contributed by atoms with E-state index in [9.17, 15) is 18.0 Å². The maximum Gasteiger partial charge on any atom is 0.418 e. The Kier molecular flexibility index (Phi) is 3.70. The van der Waals surface area contributed by atoms with E-state index in [1.54, 1.807) is 12.1 Å². The molecular formula is C20H21F3N2OS. The molecule has 1 amide bonds. The van der Waals surface area contributed by atoms with Gasteiger partial charge in [0.15, 0.2) is 0 Å². The standard InChI is InChI=1S/C20H21F3N2OS/c1-11-2-3-13-10-14(27-16(13)15(11)20(21,22)23)18(26)24-17-12-4-8-25(9-5-12)19(17)6-7-19/h2-3,10,12,17H,4-9H2,1H3,(H,24,26)/t17-/m0/s1. The number of carbonyl (C=O) groups excluding carboxylic acids is 1. The fraction of sp³-hybridized carbons (Fsp3) is 0.550. The van der Waals surface area contributed by atoms with E-state index in [0.29, 0.717) is 16.2 Å². The molecule has 144 valence electrons. The van der Waals surface area contributed by atoms with Crippen molar-refractivity contribution in [3.63, 3.8) is 0 Å². The van der Waals surface area contributed by atoms with Crippen molar-refractivity contribution in [2.45, 2.75) is 50.4 Å². The maximum atomic E-state index is 13.5. The van der Waals surface area contributed by atoms with E-state index < -0.39 is 11.7 Å². The van der Waals surface area contributed by atoms with Crippen LogP contribution in [-0.4, -0.2) is 35.5 Å². The third kappa shape index (κ3) is 2.62. The number of carbonyl (C=O) groups is 1. The summed E-state index contributed by atoms with van der Waals surface area (Å²) in [6.45, 7) is 3.67. The molecule has 4 heterocycles. The first-order valence-corrected chi connectivity index (χ1v) is 10.3. The number of piperidine rings is 3. The molecule has 1 aromatic carbocycles. The van der Waals surface area contributed by atoms with Gasteiger partial charge in [0.05, 0.1) is 16.5 Å². The molecule has 1 spiro atoms. The number of alkyl halides is 3. The van der Waals surface area contributed by atoms with Crippen molar-refractivity contribution < 1.29 is 18.0 Å². The smallest absolute Gasteiger partial charge is 0.346 e. The molecule has 2 bridgehead atoms. The lowest BCUT2D eigenvalue weighted by Gasteiger charge is -2.52. The van der Waals surface area contributed by atoms with Crippen molar-refractivity contribution in [3.8, 4) is 0 Å². The molecule has 3 aliphatic heterocycles. The highest BCUT2D eigenvalue weighted by Gasteiger charge is 2.60. The number of nitrogens with one attached hydrogen (secondary N) is 1. The Bertz CT molecular complexity index is 923. The van der Waals surface area contributed by atoms with Crippen molar-refractivity contribution in [3.05, 3.63) is 34.2 Å². The van der Waals surface area contributed by atoms with Gasteiger partial charge in [0.2, 0.25) is 0 Å². The second kappa shape index (κ2) is 5.70. The minimum Gasteiger partial charge on any atom is -0.346 e. The Morgan fingerprint density at radius 1 is 1.26 bits per heavy atom. The number of aryl methyl sites for hydroxylation is 1. The molecule has 27 heavy (non-hydrogen) atoms. The van der Waals surface area contributed by atoms with Gasteiger partial charge in [0.1, 0.15) is 0 Å². The van der Waals surface area contributed by atoms with Crippen molar-refractivity contribution in [2.24, 2.45) is 5.92 Å². The highest BCUT2D eigenvalue weighted by atomic mass is 32.1. The third-order valence-corrected chi connectivity index (χ3v) is 7.84. The van der Waals surface area contributed by atoms with Crippen molar-refractivity contribution in [2.75, 3.05) is 13.1 Å². The molecule has 1 atom stereocenters. The van der Waals surface area contributed by atoms with E-state index in [1.807, 2.05) is 0 Å². The van der Waals surface area contributed by atoms with E-state index >= 15 is 0 Å². The Morgan fingerprint density at radius 3 is 2.59 bits per heavy atom. The van der Waals surface area contributed by atoms with Crippen molar-refractivity contribution in [1.82, 2.24) is 10.2 Å². The first kappa shape index (κ1) is 17.5. The number of fused-ring (bicyclic) bond motifs is 3. The lowest BCUT2D eigenvalue weighted by atomic mass is 9.77. The van der Waals surface area contributed by atoms with Crippen LogP contribution >= 0.6 is 11.3 Å². The van der Waals surface area contributed by atoms with Gasteiger partial charge in [-0.3, -0.25) is 9.69 Å². The quantitative estimate of drug-likeness (QED) is 0.808. The van der Waals surface area contributed by atoms with Gasteiger partial charge in [-0.2, -0.15) is 13.2 Å². The molecule has 1 N–H and O–H groups in total. The summed E-state index contributed by atoms with van der Waals surface area (Å²) in [5.41, 5.74) is -0.315. The van der Waals surface area contributed by atoms with Gasteiger partial charge in [-0.05, 0) is 68.6 Å². The number of amides is 1. The van der Waals surface area contributed by atoms with Gasteiger partial charge in [0, 0.05) is 10.2 Å². The molecular weight excluding hydrogens is 373 g/mol. The van der Waals surface area contributed by atoms with Crippen LogP contribution in [-0.2, 0) is 6.18 Å². The van der Waals surface area contributed by atoms with Crippen LogP contribution in [0.3, 0.4) is 0 Å². The molecule has 4 fully saturated rings. The average molecular weight is 394 g/mol. The van der Waals surface area contributed by atoms with Gasteiger partial charge in [-0.15, -0.1) is 11.3 Å². The van der Waals surface area contributed by atoms with E-state index in [1.165, 1.54) is 13.0 Å². The summed E-state index contributed by atoms with van der Waals surface area (Å²) < 4.78 is 40.6. The Hall–Kier alpha value is -1.60. The zero-order valence-electron chi connectivity index (χ0n) is 15.0. The lowest BCUT2D eigenvalue weighted by molar-refractivity contribution is -0.136. The van der Waals surface area contributed by atoms with Crippen LogP contribution in [0.5, 0.6) is 0 Å². The summed E-state index contributed by atoms with van der Waals surface area (Å²) in [7, 11) is 0. The zero-order valence-corrected chi connectivity index (χ0v) is 15.8. The third-order valence-electron chi connectivity index (χ3n) is 6.67. The first-order chi connectivity index (χ1) is 12.8. The number of hydrogen-bond acceptors (Lipinski definition) is 3. The van der Waals surface area contributed by atoms with Gasteiger partial charge >= 0.3 is 6.18 Å². The molecule has 0 unspecified atom stereocenters. The summed E-state index contributed by atoms with van der Waals surface area (Å²) >= 11 is 0.957. The van der Waals surface area contributed by atoms with Gasteiger partial charge < -0.3 is 5.32 Å². The number of benzene rings is 1. The largest absolute Gasteiger partial charge is 0.418 e.